The molecule has 214 valence electrons. The third-order valence-corrected chi connectivity index (χ3v) is 10.9. The number of aromatic nitrogens is 2. The molecule has 4 aromatic heterocycles. The lowest BCUT2D eigenvalue weighted by Gasteiger charge is -2.31. The molecule has 3 unspecified atom stereocenters. The molecule has 6 heterocycles. The van der Waals surface area contributed by atoms with Gasteiger partial charge in [-0.2, -0.15) is 9.13 Å². The molecule has 0 amide bonds. The van der Waals surface area contributed by atoms with E-state index in [2.05, 4.69) is 146 Å². The molecule has 44 heavy (non-hydrogen) atoms. The molecule has 2 aliphatic rings. The first-order valence-electron chi connectivity index (χ1n) is 15.5. The second-order valence-corrected chi connectivity index (χ2v) is 14.4. The molecule has 0 N–H and O–H groups in total. The smallest absolute Gasteiger partial charge is 0.217 e. The fraction of sp³-hybridized carbons (Fsp3) is 0.200. The summed E-state index contributed by atoms with van der Waals surface area (Å²) in [4.78, 5) is 0. The van der Waals surface area contributed by atoms with E-state index in [1.54, 1.807) is 11.3 Å². The van der Waals surface area contributed by atoms with Crippen LogP contribution in [0, 0.1) is 6.92 Å². The Morgan fingerprint density at radius 3 is 2.50 bits per heavy atom. The molecule has 3 nitrogen and oxygen atoms in total. The highest BCUT2D eigenvalue weighted by atomic mass is 32.1. The van der Waals surface area contributed by atoms with E-state index in [0.717, 1.165) is 11.2 Å². The summed E-state index contributed by atoms with van der Waals surface area (Å²) in [7, 11) is 0. The highest BCUT2D eigenvalue weighted by molar-refractivity contribution is 7.18. The van der Waals surface area contributed by atoms with Gasteiger partial charge in [0.2, 0.25) is 11.4 Å². The predicted molar refractivity (Wildman–Crippen MR) is 180 cm³/mol. The number of pyridine rings is 2. The standard InChI is InChI=1S/C40H34N2OS/c1-6-31-34(27-10-8-7-9-26(27)32-16-11-23(2)22-42(31)32)36-30-15-14-28-29-13-12-24-18-20-44-39(24)38(29)43-37(28)35(30)33-21-25(40(3,4)5)17-19-41(33)36/h6-22,31,34,36H,1H2,2-5H3/q+2. The van der Waals surface area contributed by atoms with Crippen LogP contribution in [-0.2, 0) is 5.41 Å². The number of hydrogen-bond donors (Lipinski definition) is 0. The van der Waals surface area contributed by atoms with Crippen LogP contribution in [0.2, 0.25) is 0 Å². The summed E-state index contributed by atoms with van der Waals surface area (Å²) in [6, 6.07) is 29.6. The molecule has 4 heteroatoms. The van der Waals surface area contributed by atoms with Crippen molar-refractivity contribution < 1.29 is 13.6 Å². The zero-order chi connectivity index (χ0) is 29.9. The van der Waals surface area contributed by atoms with Crippen LogP contribution >= 0.6 is 11.3 Å². The van der Waals surface area contributed by atoms with Gasteiger partial charge in [0.25, 0.3) is 0 Å². The number of aryl methyl sites for hydroxylation is 1. The van der Waals surface area contributed by atoms with Crippen LogP contribution in [0.3, 0.4) is 0 Å². The predicted octanol–water partition coefficient (Wildman–Crippen LogP) is 9.74. The van der Waals surface area contributed by atoms with Crippen molar-refractivity contribution in [2.24, 2.45) is 0 Å². The Kier molecular flexibility index (Phi) is 5.30. The summed E-state index contributed by atoms with van der Waals surface area (Å²) in [6.07, 6.45) is 6.77. The van der Waals surface area contributed by atoms with E-state index in [9.17, 15) is 0 Å². The van der Waals surface area contributed by atoms with Crippen molar-refractivity contribution >= 4 is 43.4 Å². The third-order valence-electron chi connectivity index (χ3n) is 9.98. The highest BCUT2D eigenvalue weighted by Gasteiger charge is 2.52. The van der Waals surface area contributed by atoms with Crippen molar-refractivity contribution in [3.8, 4) is 22.5 Å². The molecule has 0 radical (unpaired) electrons. The van der Waals surface area contributed by atoms with Crippen molar-refractivity contribution in [1.82, 2.24) is 0 Å². The van der Waals surface area contributed by atoms with Crippen LogP contribution in [0.25, 0.3) is 54.5 Å². The Balaban J connectivity index is 1.37. The van der Waals surface area contributed by atoms with E-state index in [4.69, 9.17) is 4.42 Å². The lowest BCUT2D eigenvalue weighted by atomic mass is 9.76. The molecular weight excluding hydrogens is 557 g/mol. The molecule has 2 aliphatic heterocycles. The molecule has 0 spiro atoms. The minimum Gasteiger partial charge on any atom is -0.454 e. The van der Waals surface area contributed by atoms with Gasteiger partial charge >= 0.3 is 0 Å². The molecule has 7 aromatic rings. The minimum absolute atomic E-state index is 0.0200. The van der Waals surface area contributed by atoms with Crippen molar-refractivity contribution in [3.63, 3.8) is 0 Å². The second-order valence-electron chi connectivity index (χ2n) is 13.5. The van der Waals surface area contributed by atoms with Crippen molar-refractivity contribution in [1.29, 1.82) is 0 Å². The zero-order valence-electron chi connectivity index (χ0n) is 25.5. The topological polar surface area (TPSA) is 20.9 Å². The fourth-order valence-corrected chi connectivity index (χ4v) is 8.77. The Labute approximate surface area is 261 Å². The van der Waals surface area contributed by atoms with E-state index >= 15 is 0 Å². The maximum absolute atomic E-state index is 6.95. The quantitative estimate of drug-likeness (QED) is 0.145. The van der Waals surface area contributed by atoms with Crippen LogP contribution in [0.5, 0.6) is 0 Å². The zero-order valence-corrected chi connectivity index (χ0v) is 26.3. The molecule has 0 saturated carbocycles. The summed E-state index contributed by atoms with van der Waals surface area (Å²) in [6.45, 7) is 13.5. The number of allylic oxidation sites excluding steroid dienone is 1. The maximum atomic E-state index is 6.95. The number of hydrogen-bond acceptors (Lipinski definition) is 2. The first-order valence-corrected chi connectivity index (χ1v) is 16.4. The number of fused-ring (bicyclic) bond motifs is 12. The monoisotopic (exact) mass is 590 g/mol. The Hall–Kier alpha value is -4.54. The van der Waals surface area contributed by atoms with Crippen molar-refractivity contribution in [3.05, 3.63) is 132 Å². The normalized spacial score (nSPS) is 18.8. The van der Waals surface area contributed by atoms with Gasteiger partial charge in [-0.05, 0) is 70.6 Å². The van der Waals surface area contributed by atoms with Gasteiger partial charge in [0.15, 0.2) is 30.1 Å². The summed E-state index contributed by atoms with van der Waals surface area (Å²) in [5.41, 5.74) is 12.2. The lowest BCUT2D eigenvalue weighted by molar-refractivity contribution is -0.739. The molecule has 0 aliphatic carbocycles. The van der Waals surface area contributed by atoms with E-state index in [1.165, 1.54) is 65.6 Å². The molecule has 0 bridgehead atoms. The lowest BCUT2D eigenvalue weighted by Crippen LogP contribution is -2.52. The largest absolute Gasteiger partial charge is 0.454 e. The van der Waals surface area contributed by atoms with Crippen LogP contribution in [0.1, 0.15) is 61.0 Å². The summed E-state index contributed by atoms with van der Waals surface area (Å²) in [5.74, 6) is 0.138. The number of rotatable bonds is 2. The van der Waals surface area contributed by atoms with E-state index in [1.807, 2.05) is 0 Å². The molecule has 9 rings (SSSR count). The van der Waals surface area contributed by atoms with E-state index < -0.39 is 0 Å². The number of nitrogens with zero attached hydrogens (tertiary/aromatic N) is 2. The average Bonchev–Trinajstić information content (AvgIpc) is 3.73. The van der Waals surface area contributed by atoms with E-state index in [-0.39, 0.29) is 23.4 Å². The number of furan rings is 1. The highest BCUT2D eigenvalue weighted by Crippen LogP contribution is 2.52. The minimum atomic E-state index is 0.0200. The van der Waals surface area contributed by atoms with Gasteiger partial charge in [0, 0.05) is 40.1 Å². The van der Waals surface area contributed by atoms with Gasteiger partial charge in [-0.25, -0.2) is 0 Å². The molecule has 3 atom stereocenters. The van der Waals surface area contributed by atoms with Gasteiger partial charge in [-0.15, -0.1) is 11.3 Å². The number of benzene rings is 3. The van der Waals surface area contributed by atoms with Crippen LogP contribution < -0.4 is 9.13 Å². The molecule has 3 aromatic carbocycles. The van der Waals surface area contributed by atoms with Gasteiger partial charge < -0.3 is 4.42 Å². The van der Waals surface area contributed by atoms with Crippen molar-refractivity contribution in [2.45, 2.75) is 51.1 Å². The number of thiophene rings is 1. The van der Waals surface area contributed by atoms with Gasteiger partial charge in [0.1, 0.15) is 11.5 Å². The summed E-state index contributed by atoms with van der Waals surface area (Å²) >= 11 is 1.76. The van der Waals surface area contributed by atoms with E-state index in [0.29, 0.717) is 0 Å². The first-order chi connectivity index (χ1) is 21.3. The second kappa shape index (κ2) is 8.99. The summed E-state index contributed by atoms with van der Waals surface area (Å²) in [5, 5.41) is 5.76. The van der Waals surface area contributed by atoms with Crippen LogP contribution in [0.15, 0.2) is 114 Å². The van der Waals surface area contributed by atoms with Crippen LogP contribution in [-0.4, -0.2) is 0 Å². The van der Waals surface area contributed by atoms with Gasteiger partial charge in [-0.1, -0.05) is 57.7 Å². The third kappa shape index (κ3) is 3.43. The Morgan fingerprint density at radius 2 is 1.66 bits per heavy atom. The molecule has 0 fully saturated rings. The van der Waals surface area contributed by atoms with Gasteiger partial charge in [0.05, 0.1) is 15.8 Å². The SMILES string of the molecule is C=CC1C(C2c3ccc4c(oc5c4ccc4ccsc45)c3-c3cc(C(C)(C)C)cc[n+]32)c2ccccc2-c2ccc(C)c[n+]21. The molecule has 0 saturated heterocycles. The summed E-state index contributed by atoms with van der Waals surface area (Å²) < 4.78 is 13.1. The van der Waals surface area contributed by atoms with Crippen molar-refractivity contribution in [2.75, 3.05) is 0 Å². The van der Waals surface area contributed by atoms with Gasteiger partial charge in [-0.3, -0.25) is 0 Å². The Bertz CT molecular complexity index is 2330. The molecular formula is C40H34N2OS+2. The Morgan fingerprint density at radius 1 is 0.841 bits per heavy atom. The van der Waals surface area contributed by atoms with Crippen LogP contribution in [0.4, 0.5) is 0 Å². The average molecular weight is 591 g/mol. The maximum Gasteiger partial charge on any atom is 0.217 e. The first kappa shape index (κ1) is 25.9. The fourth-order valence-electron chi connectivity index (χ4n) is 7.88.